The van der Waals surface area contributed by atoms with Gasteiger partial charge in [0.15, 0.2) is 0 Å². The molecule has 0 atom stereocenters. The van der Waals surface area contributed by atoms with Gasteiger partial charge in [-0.2, -0.15) is 13.2 Å². The first-order valence-corrected chi connectivity index (χ1v) is 8.43. The van der Waals surface area contributed by atoms with Crippen LogP contribution in [0.4, 0.5) is 18.9 Å². The fourth-order valence-electron chi connectivity index (χ4n) is 3.91. The summed E-state index contributed by atoms with van der Waals surface area (Å²) in [6.45, 7) is 1.05. The fraction of sp³-hybridized carbons (Fsp3) is 0.400. The van der Waals surface area contributed by atoms with E-state index in [4.69, 9.17) is 0 Å². The summed E-state index contributed by atoms with van der Waals surface area (Å²) in [5, 5.41) is 0. The van der Waals surface area contributed by atoms with Crippen molar-refractivity contribution >= 4 is 5.69 Å². The second-order valence-corrected chi connectivity index (χ2v) is 6.99. The first kappa shape index (κ1) is 15.6. The van der Waals surface area contributed by atoms with Gasteiger partial charge in [0.1, 0.15) is 0 Å². The third-order valence-corrected chi connectivity index (χ3v) is 5.52. The number of alkyl halides is 3. The molecule has 0 amide bonds. The SMILES string of the molecule is CN1CCCc2c(-c3ccc(C4(C(F)(F)F)CC4)cc3)cccc21. The van der Waals surface area contributed by atoms with Crippen molar-refractivity contribution < 1.29 is 13.2 Å². The third kappa shape index (κ3) is 2.31. The molecule has 2 aliphatic rings. The second-order valence-electron chi connectivity index (χ2n) is 6.99. The minimum absolute atomic E-state index is 0.210. The molecule has 1 saturated carbocycles. The Hall–Kier alpha value is -1.97. The molecular weight excluding hydrogens is 311 g/mol. The van der Waals surface area contributed by atoms with Gasteiger partial charge in [-0.25, -0.2) is 0 Å². The van der Waals surface area contributed by atoms with E-state index in [-0.39, 0.29) is 12.8 Å². The normalized spacial score (nSPS) is 19.1. The molecule has 126 valence electrons. The summed E-state index contributed by atoms with van der Waals surface area (Å²) in [6, 6.07) is 13.3. The highest BCUT2D eigenvalue weighted by atomic mass is 19.4. The lowest BCUT2D eigenvalue weighted by Gasteiger charge is -2.29. The largest absolute Gasteiger partial charge is 0.398 e. The molecule has 0 unspecified atom stereocenters. The van der Waals surface area contributed by atoms with Crippen molar-refractivity contribution in [1.29, 1.82) is 0 Å². The minimum Gasteiger partial charge on any atom is -0.374 e. The fourth-order valence-corrected chi connectivity index (χ4v) is 3.91. The number of hydrogen-bond donors (Lipinski definition) is 0. The quantitative estimate of drug-likeness (QED) is 0.719. The van der Waals surface area contributed by atoms with Crippen LogP contribution in [-0.2, 0) is 11.8 Å². The second kappa shape index (κ2) is 5.27. The average Bonchev–Trinajstić information content (AvgIpc) is 3.37. The smallest absolute Gasteiger partial charge is 0.374 e. The number of nitrogens with zero attached hydrogens (tertiary/aromatic N) is 1. The van der Waals surface area contributed by atoms with Crippen molar-refractivity contribution in [3.63, 3.8) is 0 Å². The van der Waals surface area contributed by atoms with Gasteiger partial charge in [0.25, 0.3) is 0 Å². The zero-order valence-electron chi connectivity index (χ0n) is 13.7. The predicted molar refractivity (Wildman–Crippen MR) is 90.4 cm³/mol. The van der Waals surface area contributed by atoms with Gasteiger partial charge in [0, 0.05) is 19.3 Å². The molecule has 1 aliphatic heterocycles. The number of halogens is 3. The van der Waals surface area contributed by atoms with E-state index in [1.54, 1.807) is 12.1 Å². The number of fused-ring (bicyclic) bond motifs is 1. The molecule has 1 aliphatic carbocycles. The molecule has 2 aromatic carbocycles. The summed E-state index contributed by atoms with van der Waals surface area (Å²) >= 11 is 0. The van der Waals surface area contributed by atoms with Crippen LogP contribution in [-0.4, -0.2) is 19.8 Å². The van der Waals surface area contributed by atoms with Crippen LogP contribution in [0.2, 0.25) is 0 Å². The van der Waals surface area contributed by atoms with Crippen molar-refractivity contribution in [3.8, 4) is 11.1 Å². The molecule has 1 heterocycles. The zero-order valence-corrected chi connectivity index (χ0v) is 13.7. The maximum atomic E-state index is 13.3. The lowest BCUT2D eigenvalue weighted by atomic mass is 9.89. The molecule has 4 heteroatoms. The van der Waals surface area contributed by atoms with Crippen molar-refractivity contribution in [2.75, 3.05) is 18.5 Å². The highest BCUT2D eigenvalue weighted by molar-refractivity contribution is 5.75. The van der Waals surface area contributed by atoms with Crippen molar-refractivity contribution in [2.45, 2.75) is 37.3 Å². The standard InChI is InChI=1S/C20H20F3N/c1-24-13-3-5-17-16(4-2-6-18(17)24)14-7-9-15(10-8-14)19(11-12-19)20(21,22)23/h2,4,6-10H,3,5,11-13H2,1H3. The molecule has 1 fully saturated rings. The molecule has 0 spiro atoms. The molecule has 1 nitrogen and oxygen atoms in total. The summed E-state index contributed by atoms with van der Waals surface area (Å²) in [4.78, 5) is 2.25. The first-order chi connectivity index (χ1) is 11.4. The summed E-state index contributed by atoms with van der Waals surface area (Å²) in [5.41, 5.74) is 3.49. The summed E-state index contributed by atoms with van der Waals surface area (Å²) in [5.74, 6) is 0. The molecule has 0 bridgehead atoms. The summed E-state index contributed by atoms with van der Waals surface area (Å²) < 4.78 is 39.8. The Kier molecular flexibility index (Phi) is 3.41. The Bertz CT molecular complexity index is 757. The van der Waals surface area contributed by atoms with Gasteiger partial charge >= 0.3 is 6.18 Å². The average molecular weight is 331 g/mol. The first-order valence-electron chi connectivity index (χ1n) is 8.43. The van der Waals surface area contributed by atoms with E-state index in [1.165, 1.54) is 11.3 Å². The highest BCUT2D eigenvalue weighted by Gasteiger charge is 2.64. The van der Waals surface area contributed by atoms with Crippen LogP contribution in [0, 0.1) is 0 Å². The Morgan fingerprint density at radius 1 is 1.00 bits per heavy atom. The van der Waals surface area contributed by atoms with Crippen LogP contribution >= 0.6 is 0 Å². The molecular formula is C20H20F3N. The Morgan fingerprint density at radius 2 is 1.71 bits per heavy atom. The molecule has 0 radical (unpaired) electrons. The molecule has 0 N–H and O–H groups in total. The zero-order chi connectivity index (χ0) is 16.9. The summed E-state index contributed by atoms with van der Waals surface area (Å²) in [6.07, 6.45) is -1.61. The highest BCUT2D eigenvalue weighted by Crippen LogP contribution is 2.59. The maximum absolute atomic E-state index is 13.3. The van der Waals surface area contributed by atoms with Crippen molar-refractivity contribution in [3.05, 3.63) is 53.6 Å². The van der Waals surface area contributed by atoms with E-state index in [2.05, 4.69) is 24.1 Å². The lowest BCUT2D eigenvalue weighted by Crippen LogP contribution is -2.28. The van der Waals surface area contributed by atoms with Crippen LogP contribution < -0.4 is 4.90 Å². The van der Waals surface area contributed by atoms with Crippen LogP contribution in [0.3, 0.4) is 0 Å². The van der Waals surface area contributed by atoms with Crippen molar-refractivity contribution in [1.82, 2.24) is 0 Å². The predicted octanol–water partition coefficient (Wildman–Crippen LogP) is 5.33. The lowest BCUT2D eigenvalue weighted by molar-refractivity contribution is -0.160. The Labute approximate surface area is 140 Å². The number of rotatable bonds is 2. The van der Waals surface area contributed by atoms with E-state index < -0.39 is 11.6 Å². The Morgan fingerprint density at radius 3 is 2.33 bits per heavy atom. The van der Waals surface area contributed by atoms with E-state index >= 15 is 0 Å². The van der Waals surface area contributed by atoms with Crippen LogP contribution in [0.5, 0.6) is 0 Å². The minimum atomic E-state index is -4.15. The van der Waals surface area contributed by atoms with E-state index in [0.29, 0.717) is 5.56 Å². The summed E-state index contributed by atoms with van der Waals surface area (Å²) in [7, 11) is 2.09. The third-order valence-electron chi connectivity index (χ3n) is 5.52. The number of hydrogen-bond acceptors (Lipinski definition) is 1. The van der Waals surface area contributed by atoms with Gasteiger partial charge in [-0.1, -0.05) is 36.4 Å². The van der Waals surface area contributed by atoms with Crippen LogP contribution in [0.1, 0.15) is 30.4 Å². The van der Waals surface area contributed by atoms with E-state index in [9.17, 15) is 13.2 Å². The monoisotopic (exact) mass is 331 g/mol. The van der Waals surface area contributed by atoms with Gasteiger partial charge in [-0.05, 0) is 54.0 Å². The molecule has 2 aromatic rings. The number of benzene rings is 2. The molecule has 24 heavy (non-hydrogen) atoms. The van der Waals surface area contributed by atoms with Gasteiger partial charge in [-0.15, -0.1) is 0 Å². The Balaban J connectivity index is 1.71. The topological polar surface area (TPSA) is 3.24 Å². The van der Waals surface area contributed by atoms with Crippen molar-refractivity contribution in [2.24, 2.45) is 0 Å². The van der Waals surface area contributed by atoms with Gasteiger partial charge < -0.3 is 4.90 Å². The van der Waals surface area contributed by atoms with Gasteiger partial charge in [-0.3, -0.25) is 0 Å². The van der Waals surface area contributed by atoms with Gasteiger partial charge in [0.2, 0.25) is 0 Å². The molecule has 0 aromatic heterocycles. The number of anilines is 1. The van der Waals surface area contributed by atoms with E-state index in [0.717, 1.165) is 30.5 Å². The van der Waals surface area contributed by atoms with Crippen LogP contribution in [0.25, 0.3) is 11.1 Å². The van der Waals surface area contributed by atoms with Crippen LogP contribution in [0.15, 0.2) is 42.5 Å². The van der Waals surface area contributed by atoms with Gasteiger partial charge in [0.05, 0.1) is 5.41 Å². The van der Waals surface area contributed by atoms with E-state index in [1.807, 2.05) is 18.2 Å². The molecule has 4 rings (SSSR count). The maximum Gasteiger partial charge on any atom is 0.398 e. The molecule has 0 saturated heterocycles.